The van der Waals surface area contributed by atoms with Crippen molar-refractivity contribution in [2.45, 2.75) is 18.3 Å². The minimum absolute atomic E-state index is 0.234. The fourth-order valence-corrected chi connectivity index (χ4v) is 1.44. The summed E-state index contributed by atoms with van der Waals surface area (Å²) in [6, 6.07) is 3.27. The molecule has 0 aliphatic carbocycles. The molecule has 1 aromatic carbocycles. The number of phenolic OH excluding ortho intramolecular Hbond substituents is 2. The van der Waals surface area contributed by atoms with Crippen LogP contribution in [-0.2, 0) is 4.79 Å². The first-order valence-corrected chi connectivity index (χ1v) is 4.79. The Hall–Kier alpha value is -1.26. The molecular weight excluding hydrogens is 218 g/mol. The largest absolute Gasteiger partial charge is 0.504 e. The second-order valence-corrected chi connectivity index (χ2v) is 3.76. The Morgan fingerprint density at radius 3 is 2.47 bits per heavy atom. The van der Waals surface area contributed by atoms with Crippen LogP contribution in [0.4, 0.5) is 0 Å². The first-order valence-electron chi connectivity index (χ1n) is 4.35. The Balaban J connectivity index is 2.96. The van der Waals surface area contributed by atoms with E-state index in [0.29, 0.717) is 5.56 Å². The maximum Gasteiger partial charge on any atom is 0.157 e. The van der Waals surface area contributed by atoms with Crippen molar-refractivity contribution >= 4 is 17.4 Å². The third kappa shape index (κ3) is 2.61. The molecule has 2 atom stereocenters. The molecule has 1 rings (SSSR count). The molecule has 4 N–H and O–H groups in total. The number of phenols is 2. The van der Waals surface area contributed by atoms with Gasteiger partial charge >= 0.3 is 0 Å². The smallest absolute Gasteiger partial charge is 0.157 e. The van der Waals surface area contributed by atoms with Crippen molar-refractivity contribution in [1.29, 1.82) is 0 Å². The summed E-state index contributed by atoms with van der Waals surface area (Å²) in [7, 11) is 0. The van der Waals surface area contributed by atoms with Crippen molar-refractivity contribution in [3.05, 3.63) is 23.8 Å². The third-order valence-corrected chi connectivity index (χ3v) is 2.63. The first kappa shape index (κ1) is 11.8. The maximum atomic E-state index is 11.0. The highest BCUT2D eigenvalue weighted by Gasteiger charge is 2.21. The van der Waals surface area contributed by atoms with Crippen molar-refractivity contribution in [3.8, 4) is 11.5 Å². The molecule has 82 valence electrons. The van der Waals surface area contributed by atoms with Gasteiger partial charge < -0.3 is 15.9 Å². The maximum absolute atomic E-state index is 11.0. The minimum Gasteiger partial charge on any atom is -0.504 e. The number of hydrogen-bond acceptors (Lipinski definition) is 4. The van der Waals surface area contributed by atoms with Gasteiger partial charge in [0.05, 0.1) is 11.4 Å². The monoisotopic (exact) mass is 229 g/mol. The number of halogens is 1. The molecule has 0 spiro atoms. The number of benzene rings is 1. The molecule has 0 fully saturated rings. The molecule has 0 saturated heterocycles. The van der Waals surface area contributed by atoms with Crippen molar-refractivity contribution in [2.24, 2.45) is 5.73 Å². The molecule has 5 heteroatoms. The van der Waals surface area contributed by atoms with E-state index in [9.17, 15) is 9.90 Å². The number of Topliss-reactive ketones (excluding diaryl/α,β-unsaturated/α-hetero) is 1. The summed E-state index contributed by atoms with van der Waals surface area (Å²) in [6.07, 6.45) is 0. The van der Waals surface area contributed by atoms with E-state index in [1.807, 2.05) is 0 Å². The molecular formula is C10H12ClNO3. The van der Waals surface area contributed by atoms with Crippen LogP contribution >= 0.6 is 11.6 Å². The number of aromatic hydroxyl groups is 2. The number of alkyl halides is 1. The molecule has 0 bridgehead atoms. The lowest BCUT2D eigenvalue weighted by Gasteiger charge is -2.15. The summed E-state index contributed by atoms with van der Waals surface area (Å²) < 4.78 is 0. The van der Waals surface area contributed by atoms with Crippen LogP contribution in [0.2, 0.25) is 0 Å². The van der Waals surface area contributed by atoms with Gasteiger partial charge in [-0.3, -0.25) is 4.79 Å². The van der Waals surface area contributed by atoms with Crippen LogP contribution in [0.3, 0.4) is 0 Å². The zero-order valence-electron chi connectivity index (χ0n) is 8.14. The van der Waals surface area contributed by atoms with E-state index in [0.717, 1.165) is 0 Å². The van der Waals surface area contributed by atoms with Gasteiger partial charge in [0.25, 0.3) is 0 Å². The van der Waals surface area contributed by atoms with Gasteiger partial charge in [-0.05, 0) is 24.6 Å². The Kier molecular flexibility index (Phi) is 3.55. The van der Waals surface area contributed by atoms with Gasteiger partial charge in [-0.25, -0.2) is 0 Å². The van der Waals surface area contributed by atoms with E-state index in [-0.39, 0.29) is 17.3 Å². The Labute approximate surface area is 92.3 Å². The van der Waals surface area contributed by atoms with E-state index in [1.165, 1.54) is 25.1 Å². The fraction of sp³-hybridized carbons (Fsp3) is 0.300. The molecule has 0 amide bonds. The van der Waals surface area contributed by atoms with Crippen LogP contribution in [0.1, 0.15) is 17.9 Å². The lowest BCUT2D eigenvalue weighted by molar-refractivity contribution is -0.118. The number of hydrogen-bond donors (Lipinski definition) is 3. The standard InChI is InChI=1S/C10H12ClNO3/c1-5(13)10(12)9(11)6-2-3-7(14)8(15)4-6/h2-4,9-10,14-15H,12H2,1H3/t9?,10-/m1/s1. The quantitative estimate of drug-likeness (QED) is 0.539. The number of carbonyl (C=O) groups excluding carboxylic acids is 1. The molecule has 0 aliphatic rings. The van der Waals surface area contributed by atoms with Crippen molar-refractivity contribution in [2.75, 3.05) is 0 Å². The Morgan fingerprint density at radius 2 is 2.00 bits per heavy atom. The van der Waals surface area contributed by atoms with E-state index in [1.54, 1.807) is 0 Å². The summed E-state index contributed by atoms with van der Waals surface area (Å²) in [5, 5.41) is 17.6. The molecule has 15 heavy (non-hydrogen) atoms. The average Bonchev–Trinajstić information content (AvgIpc) is 2.19. The number of nitrogens with two attached hydrogens (primary N) is 1. The minimum atomic E-state index is -0.824. The van der Waals surface area contributed by atoms with Crippen LogP contribution in [0.15, 0.2) is 18.2 Å². The second-order valence-electron chi connectivity index (χ2n) is 3.29. The van der Waals surface area contributed by atoms with E-state index < -0.39 is 11.4 Å². The lowest BCUT2D eigenvalue weighted by atomic mass is 10.0. The van der Waals surface area contributed by atoms with Gasteiger partial charge in [0.2, 0.25) is 0 Å². The summed E-state index contributed by atoms with van der Waals surface area (Å²) in [5.74, 6) is -0.754. The SMILES string of the molecule is CC(=O)[C@@H](N)C(Cl)c1ccc(O)c(O)c1. The Morgan fingerprint density at radius 1 is 1.40 bits per heavy atom. The van der Waals surface area contributed by atoms with Gasteiger partial charge in [-0.1, -0.05) is 6.07 Å². The molecule has 1 unspecified atom stereocenters. The molecule has 0 saturated carbocycles. The zero-order valence-corrected chi connectivity index (χ0v) is 8.90. The van der Waals surface area contributed by atoms with Crippen LogP contribution in [0.25, 0.3) is 0 Å². The predicted molar refractivity (Wildman–Crippen MR) is 57.0 cm³/mol. The highest BCUT2D eigenvalue weighted by atomic mass is 35.5. The van der Waals surface area contributed by atoms with E-state index >= 15 is 0 Å². The van der Waals surface area contributed by atoms with Gasteiger partial charge in [0.1, 0.15) is 5.78 Å². The van der Waals surface area contributed by atoms with Crippen LogP contribution in [-0.4, -0.2) is 22.0 Å². The van der Waals surface area contributed by atoms with Crippen molar-refractivity contribution in [3.63, 3.8) is 0 Å². The topological polar surface area (TPSA) is 83.6 Å². The molecule has 4 nitrogen and oxygen atoms in total. The number of rotatable bonds is 3. The van der Waals surface area contributed by atoms with Crippen LogP contribution < -0.4 is 5.73 Å². The predicted octanol–water partition coefficient (Wildman–Crippen LogP) is 1.29. The molecule has 0 aliphatic heterocycles. The van der Waals surface area contributed by atoms with Gasteiger partial charge in [0.15, 0.2) is 11.5 Å². The van der Waals surface area contributed by atoms with Gasteiger partial charge in [-0.15, -0.1) is 11.6 Å². The van der Waals surface area contributed by atoms with E-state index in [2.05, 4.69) is 0 Å². The highest BCUT2D eigenvalue weighted by Crippen LogP contribution is 2.31. The van der Waals surface area contributed by atoms with Crippen LogP contribution in [0.5, 0.6) is 11.5 Å². The summed E-state index contributed by atoms with van der Waals surface area (Å²) in [6.45, 7) is 1.35. The van der Waals surface area contributed by atoms with Crippen LogP contribution in [0, 0.1) is 0 Å². The molecule has 1 aromatic rings. The Bertz CT molecular complexity index is 381. The number of ketones is 1. The average molecular weight is 230 g/mol. The normalized spacial score (nSPS) is 14.6. The first-order chi connectivity index (χ1) is 6.93. The lowest BCUT2D eigenvalue weighted by Crippen LogP contribution is -2.32. The second kappa shape index (κ2) is 4.51. The van der Waals surface area contributed by atoms with Crippen molar-refractivity contribution < 1.29 is 15.0 Å². The molecule has 0 heterocycles. The number of carbonyl (C=O) groups is 1. The zero-order chi connectivity index (χ0) is 11.6. The van der Waals surface area contributed by atoms with Gasteiger partial charge in [0, 0.05) is 0 Å². The molecule has 0 radical (unpaired) electrons. The third-order valence-electron chi connectivity index (χ3n) is 2.10. The van der Waals surface area contributed by atoms with Gasteiger partial charge in [-0.2, -0.15) is 0 Å². The van der Waals surface area contributed by atoms with E-state index in [4.69, 9.17) is 22.4 Å². The summed E-state index contributed by atoms with van der Waals surface area (Å²) >= 11 is 5.94. The van der Waals surface area contributed by atoms with Crippen molar-refractivity contribution in [1.82, 2.24) is 0 Å². The summed E-state index contributed by atoms with van der Waals surface area (Å²) in [4.78, 5) is 11.0. The molecule has 0 aromatic heterocycles. The fourth-order valence-electron chi connectivity index (χ4n) is 1.13. The summed E-state index contributed by atoms with van der Waals surface area (Å²) in [5.41, 5.74) is 6.05. The highest BCUT2D eigenvalue weighted by molar-refractivity contribution is 6.22.